The van der Waals surface area contributed by atoms with Gasteiger partial charge in [0.2, 0.25) is 11.7 Å². The van der Waals surface area contributed by atoms with Gasteiger partial charge in [0, 0.05) is 30.4 Å². The molecule has 26 heavy (non-hydrogen) atoms. The lowest BCUT2D eigenvalue weighted by Crippen LogP contribution is -2.40. The minimum absolute atomic E-state index is 0.0313. The molecule has 1 amide bonds. The van der Waals surface area contributed by atoms with Crippen LogP contribution in [0, 0.1) is 0 Å². The van der Waals surface area contributed by atoms with E-state index in [0.29, 0.717) is 25.3 Å². The van der Waals surface area contributed by atoms with E-state index < -0.39 is 18.6 Å². The lowest BCUT2D eigenvalue weighted by Gasteiger charge is -2.26. The van der Waals surface area contributed by atoms with Crippen LogP contribution in [0.15, 0.2) is 30.5 Å². The molecule has 6 nitrogen and oxygen atoms in total. The standard InChI is InChI=1S/C17H16F3N3O3/c18-17(19,20)16-21-7-13(9-24)15(22-16)12-3-1-11(2-4-12)8-23-5-6-26-10-14(23)25/h1-4,7,24H,5-6,8-10H2. The maximum atomic E-state index is 12.8. The van der Waals surface area contributed by atoms with Crippen molar-refractivity contribution >= 4 is 5.91 Å². The maximum Gasteiger partial charge on any atom is 0.451 e. The van der Waals surface area contributed by atoms with E-state index >= 15 is 0 Å². The number of rotatable bonds is 4. The zero-order valence-corrected chi connectivity index (χ0v) is 13.7. The molecule has 1 N–H and O–H groups in total. The van der Waals surface area contributed by atoms with E-state index in [1.807, 2.05) is 0 Å². The molecule has 0 bridgehead atoms. The van der Waals surface area contributed by atoms with Gasteiger partial charge in [0.05, 0.1) is 18.9 Å². The van der Waals surface area contributed by atoms with E-state index in [2.05, 4.69) is 9.97 Å². The minimum Gasteiger partial charge on any atom is -0.392 e. The Morgan fingerprint density at radius 3 is 2.58 bits per heavy atom. The molecule has 0 radical (unpaired) electrons. The molecule has 2 aromatic rings. The Morgan fingerprint density at radius 2 is 1.96 bits per heavy atom. The fourth-order valence-corrected chi connectivity index (χ4v) is 2.61. The number of hydrogen-bond acceptors (Lipinski definition) is 5. The van der Waals surface area contributed by atoms with Crippen LogP contribution in [0.4, 0.5) is 13.2 Å². The number of benzene rings is 1. The van der Waals surface area contributed by atoms with Gasteiger partial charge in [0.25, 0.3) is 0 Å². The summed E-state index contributed by atoms with van der Waals surface area (Å²) in [6.07, 6.45) is -3.69. The smallest absolute Gasteiger partial charge is 0.392 e. The van der Waals surface area contributed by atoms with E-state index in [1.165, 1.54) is 0 Å². The summed E-state index contributed by atoms with van der Waals surface area (Å²) in [5.41, 5.74) is 1.50. The largest absolute Gasteiger partial charge is 0.451 e. The van der Waals surface area contributed by atoms with Crippen LogP contribution in [0.5, 0.6) is 0 Å². The van der Waals surface area contributed by atoms with Crippen molar-refractivity contribution in [1.29, 1.82) is 0 Å². The molecule has 2 heterocycles. The van der Waals surface area contributed by atoms with Crippen LogP contribution in [0.25, 0.3) is 11.3 Å². The van der Waals surface area contributed by atoms with Crippen molar-refractivity contribution in [3.8, 4) is 11.3 Å². The molecule has 0 atom stereocenters. The average molecular weight is 367 g/mol. The monoisotopic (exact) mass is 367 g/mol. The molecule has 0 saturated carbocycles. The van der Waals surface area contributed by atoms with Crippen molar-refractivity contribution < 1.29 is 27.8 Å². The van der Waals surface area contributed by atoms with Crippen LogP contribution < -0.4 is 0 Å². The summed E-state index contributed by atoms with van der Waals surface area (Å²) in [5, 5.41) is 9.36. The summed E-state index contributed by atoms with van der Waals surface area (Å²) in [7, 11) is 0. The first-order valence-electron chi connectivity index (χ1n) is 7.87. The van der Waals surface area contributed by atoms with Gasteiger partial charge >= 0.3 is 6.18 Å². The number of morpholine rings is 1. The molecule has 0 unspecified atom stereocenters. The number of carbonyl (C=O) groups excluding carboxylic acids is 1. The Morgan fingerprint density at radius 1 is 1.23 bits per heavy atom. The molecule has 0 aliphatic carbocycles. The number of aliphatic hydroxyl groups excluding tert-OH is 1. The lowest BCUT2D eigenvalue weighted by atomic mass is 10.0. The third-order valence-corrected chi connectivity index (χ3v) is 3.97. The maximum absolute atomic E-state index is 12.8. The summed E-state index contributed by atoms with van der Waals surface area (Å²) in [6, 6.07) is 6.66. The molecule has 1 aromatic carbocycles. The lowest BCUT2D eigenvalue weighted by molar-refractivity contribution is -0.145. The predicted octanol–water partition coefficient (Wildman–Crippen LogP) is 2.01. The number of hydrogen-bond donors (Lipinski definition) is 1. The Kier molecular flexibility index (Phi) is 5.19. The van der Waals surface area contributed by atoms with Crippen LogP contribution in [0.3, 0.4) is 0 Å². The van der Waals surface area contributed by atoms with E-state index in [-0.39, 0.29) is 23.8 Å². The molecule has 1 saturated heterocycles. The first-order valence-corrected chi connectivity index (χ1v) is 7.87. The minimum atomic E-state index is -4.67. The summed E-state index contributed by atoms with van der Waals surface area (Å²) < 4.78 is 43.6. The van der Waals surface area contributed by atoms with Crippen LogP contribution in [-0.2, 0) is 28.9 Å². The SMILES string of the molecule is O=C1COCCN1Cc1ccc(-c2nc(C(F)(F)F)ncc2CO)cc1. The number of aromatic nitrogens is 2. The van der Waals surface area contributed by atoms with Gasteiger partial charge in [-0.25, -0.2) is 9.97 Å². The molecule has 1 fully saturated rings. The van der Waals surface area contributed by atoms with Crippen LogP contribution in [0.1, 0.15) is 17.0 Å². The Bertz CT molecular complexity index is 794. The second kappa shape index (κ2) is 7.38. The Balaban J connectivity index is 1.85. The average Bonchev–Trinajstić information content (AvgIpc) is 2.63. The highest BCUT2D eigenvalue weighted by molar-refractivity contribution is 5.78. The molecule has 1 aliphatic rings. The number of nitrogens with zero attached hydrogens (tertiary/aromatic N) is 3. The normalized spacial score (nSPS) is 15.4. The van der Waals surface area contributed by atoms with Crippen LogP contribution in [0.2, 0.25) is 0 Å². The molecule has 138 valence electrons. The summed E-state index contributed by atoms with van der Waals surface area (Å²) >= 11 is 0. The molecule has 1 aliphatic heterocycles. The van der Waals surface area contributed by atoms with Gasteiger partial charge < -0.3 is 14.7 Å². The number of amides is 1. The molecule has 0 spiro atoms. The third kappa shape index (κ3) is 4.00. The van der Waals surface area contributed by atoms with E-state index in [9.17, 15) is 23.1 Å². The number of ether oxygens (including phenoxy) is 1. The highest BCUT2D eigenvalue weighted by Crippen LogP contribution is 2.29. The topological polar surface area (TPSA) is 75.5 Å². The van der Waals surface area contributed by atoms with Gasteiger partial charge in [-0.15, -0.1) is 0 Å². The Hall–Kier alpha value is -2.52. The zero-order chi connectivity index (χ0) is 18.7. The fourth-order valence-electron chi connectivity index (χ4n) is 2.61. The van der Waals surface area contributed by atoms with Crippen LogP contribution >= 0.6 is 0 Å². The summed E-state index contributed by atoms with van der Waals surface area (Å²) in [4.78, 5) is 20.2. The van der Waals surface area contributed by atoms with Gasteiger partial charge in [-0.3, -0.25) is 4.79 Å². The molecular weight excluding hydrogens is 351 g/mol. The number of alkyl halides is 3. The third-order valence-electron chi connectivity index (χ3n) is 3.97. The first-order chi connectivity index (χ1) is 12.4. The molecule has 3 rings (SSSR count). The van der Waals surface area contributed by atoms with Crippen molar-refractivity contribution in [2.24, 2.45) is 0 Å². The van der Waals surface area contributed by atoms with Gasteiger partial charge in [-0.1, -0.05) is 24.3 Å². The number of halogens is 3. The fraction of sp³-hybridized carbons (Fsp3) is 0.353. The molecule has 9 heteroatoms. The quantitative estimate of drug-likeness (QED) is 0.895. The second-order valence-electron chi connectivity index (χ2n) is 5.79. The number of aliphatic hydroxyl groups is 1. The summed E-state index contributed by atoms with van der Waals surface area (Å²) in [5.74, 6) is -1.36. The second-order valence-corrected chi connectivity index (χ2v) is 5.79. The number of carbonyl (C=O) groups is 1. The van der Waals surface area contributed by atoms with Crippen LogP contribution in [-0.4, -0.2) is 45.6 Å². The predicted molar refractivity (Wildman–Crippen MR) is 84.6 cm³/mol. The van der Waals surface area contributed by atoms with Crippen molar-refractivity contribution in [3.63, 3.8) is 0 Å². The first kappa shape index (κ1) is 18.3. The van der Waals surface area contributed by atoms with Crippen molar-refractivity contribution in [1.82, 2.24) is 14.9 Å². The van der Waals surface area contributed by atoms with Crippen molar-refractivity contribution in [3.05, 3.63) is 47.4 Å². The van der Waals surface area contributed by atoms with Gasteiger partial charge in [-0.05, 0) is 5.56 Å². The van der Waals surface area contributed by atoms with Crippen molar-refractivity contribution in [2.75, 3.05) is 19.8 Å². The highest BCUT2D eigenvalue weighted by atomic mass is 19.4. The van der Waals surface area contributed by atoms with E-state index in [0.717, 1.165) is 11.8 Å². The Labute approximate surface area is 147 Å². The van der Waals surface area contributed by atoms with Gasteiger partial charge in [0.15, 0.2) is 0 Å². The van der Waals surface area contributed by atoms with E-state index in [4.69, 9.17) is 4.74 Å². The van der Waals surface area contributed by atoms with Gasteiger partial charge in [-0.2, -0.15) is 13.2 Å². The highest BCUT2D eigenvalue weighted by Gasteiger charge is 2.35. The summed E-state index contributed by atoms with van der Waals surface area (Å²) in [6.45, 7) is 0.949. The molecular formula is C17H16F3N3O3. The zero-order valence-electron chi connectivity index (χ0n) is 13.7. The molecule has 1 aromatic heterocycles. The van der Waals surface area contributed by atoms with E-state index in [1.54, 1.807) is 29.2 Å². The van der Waals surface area contributed by atoms with Gasteiger partial charge in [0.1, 0.15) is 6.61 Å². The van der Waals surface area contributed by atoms with Crippen molar-refractivity contribution in [2.45, 2.75) is 19.3 Å².